The van der Waals surface area contributed by atoms with E-state index in [1.807, 2.05) is 18.2 Å². The van der Waals surface area contributed by atoms with Crippen LogP contribution < -0.4 is 11.1 Å². The molecule has 1 aromatic rings. The highest BCUT2D eigenvalue weighted by molar-refractivity contribution is 5.80. The van der Waals surface area contributed by atoms with Gasteiger partial charge in [-0.3, -0.25) is 0 Å². The van der Waals surface area contributed by atoms with E-state index < -0.39 is 0 Å². The van der Waals surface area contributed by atoms with E-state index in [1.165, 1.54) is 12.0 Å². The fourth-order valence-electron chi connectivity index (χ4n) is 2.03. The molecule has 0 radical (unpaired) electrons. The van der Waals surface area contributed by atoms with Crippen molar-refractivity contribution in [1.29, 1.82) is 0 Å². The summed E-state index contributed by atoms with van der Waals surface area (Å²) in [6, 6.07) is 10.2. The van der Waals surface area contributed by atoms with Gasteiger partial charge in [-0.15, -0.1) is 0 Å². The first kappa shape index (κ1) is 15.5. The summed E-state index contributed by atoms with van der Waals surface area (Å²) in [5.41, 5.74) is 6.79. The number of benzene rings is 1. The van der Waals surface area contributed by atoms with Crippen LogP contribution in [0.2, 0.25) is 0 Å². The Balaban J connectivity index is 2.55. The van der Waals surface area contributed by atoms with Gasteiger partial charge in [-0.25, -0.2) is 0 Å². The van der Waals surface area contributed by atoms with E-state index in [-0.39, 0.29) is 11.9 Å². The Morgan fingerprint density at radius 3 is 2.58 bits per heavy atom. The molecule has 0 amide bonds. The van der Waals surface area contributed by atoms with E-state index in [9.17, 15) is 0 Å². The van der Waals surface area contributed by atoms with Crippen molar-refractivity contribution in [2.45, 2.75) is 39.2 Å². The molecule has 0 spiro atoms. The molecule has 1 aromatic carbocycles. The molecule has 1 unspecified atom stereocenters. The third-order valence-corrected chi connectivity index (χ3v) is 3.09. The monoisotopic (exact) mass is 263 g/mol. The summed E-state index contributed by atoms with van der Waals surface area (Å²) in [4.78, 5) is 0. The normalized spacial score (nSPS) is 13.7. The van der Waals surface area contributed by atoms with Gasteiger partial charge in [-0.2, -0.15) is 0 Å². The number of nitrogens with zero attached hydrogens (tertiary/aromatic N) is 1. The second kappa shape index (κ2) is 8.53. The van der Waals surface area contributed by atoms with Gasteiger partial charge >= 0.3 is 0 Å². The highest BCUT2D eigenvalue weighted by Crippen LogP contribution is 2.16. The molecule has 4 heteroatoms. The van der Waals surface area contributed by atoms with Crippen molar-refractivity contribution in [1.82, 2.24) is 5.32 Å². The molecule has 0 bridgehead atoms. The minimum absolute atomic E-state index is 0.101. The van der Waals surface area contributed by atoms with E-state index in [4.69, 9.17) is 10.9 Å². The predicted molar refractivity (Wildman–Crippen MR) is 79.3 cm³/mol. The van der Waals surface area contributed by atoms with E-state index in [0.717, 1.165) is 18.9 Å². The number of hydrogen-bond acceptors (Lipinski definition) is 3. The van der Waals surface area contributed by atoms with Crippen LogP contribution in [0.5, 0.6) is 0 Å². The first-order chi connectivity index (χ1) is 9.13. The molecular formula is C15H25N3O. The van der Waals surface area contributed by atoms with Crippen molar-refractivity contribution in [3.8, 4) is 0 Å². The van der Waals surface area contributed by atoms with Crippen LogP contribution in [0.25, 0.3) is 0 Å². The van der Waals surface area contributed by atoms with Crippen molar-refractivity contribution in [3.63, 3.8) is 0 Å². The molecule has 0 fully saturated rings. The van der Waals surface area contributed by atoms with Crippen LogP contribution in [0.3, 0.4) is 0 Å². The van der Waals surface area contributed by atoms with E-state index in [1.54, 1.807) is 0 Å². The minimum atomic E-state index is 0.101. The SMILES string of the molecule is CC(C)CCCNC(CC(N)=NO)c1ccccc1. The van der Waals surface area contributed by atoms with E-state index >= 15 is 0 Å². The number of hydrogen-bond donors (Lipinski definition) is 3. The summed E-state index contributed by atoms with van der Waals surface area (Å²) in [5, 5.41) is 15.3. The topological polar surface area (TPSA) is 70.6 Å². The lowest BCUT2D eigenvalue weighted by molar-refractivity contribution is 0.315. The van der Waals surface area contributed by atoms with Crippen LogP contribution in [-0.2, 0) is 0 Å². The fourth-order valence-corrected chi connectivity index (χ4v) is 2.03. The maximum Gasteiger partial charge on any atom is 0.141 e. The summed E-state index contributed by atoms with van der Waals surface area (Å²) in [6.45, 7) is 5.40. The van der Waals surface area contributed by atoms with Crippen LogP contribution in [0, 0.1) is 5.92 Å². The van der Waals surface area contributed by atoms with Gasteiger partial charge < -0.3 is 16.3 Å². The first-order valence-electron chi connectivity index (χ1n) is 6.88. The van der Waals surface area contributed by atoms with Gasteiger partial charge in [0.2, 0.25) is 0 Å². The van der Waals surface area contributed by atoms with Crippen molar-refractivity contribution in [2.24, 2.45) is 16.8 Å². The molecule has 0 heterocycles. The maximum absolute atomic E-state index is 8.71. The molecule has 0 aliphatic heterocycles. The molecule has 1 rings (SSSR count). The Labute approximate surface area is 115 Å². The summed E-state index contributed by atoms with van der Waals surface area (Å²) in [6.07, 6.45) is 2.86. The van der Waals surface area contributed by atoms with Gasteiger partial charge in [0.05, 0.1) is 0 Å². The zero-order chi connectivity index (χ0) is 14.1. The number of rotatable bonds is 8. The lowest BCUT2D eigenvalue weighted by atomic mass is 10.0. The number of nitrogens with two attached hydrogens (primary N) is 1. The molecule has 1 atom stereocenters. The quantitative estimate of drug-likeness (QED) is 0.222. The molecule has 0 aromatic heterocycles. The second-order valence-corrected chi connectivity index (χ2v) is 5.25. The number of oxime groups is 1. The largest absolute Gasteiger partial charge is 0.409 e. The van der Waals surface area contributed by atoms with Crippen molar-refractivity contribution in [3.05, 3.63) is 35.9 Å². The van der Waals surface area contributed by atoms with E-state index in [0.29, 0.717) is 6.42 Å². The molecule has 19 heavy (non-hydrogen) atoms. The van der Waals surface area contributed by atoms with Crippen molar-refractivity contribution < 1.29 is 5.21 Å². The number of amidine groups is 1. The Kier molecular flexibility index (Phi) is 6.97. The van der Waals surface area contributed by atoms with Gasteiger partial charge in [0.15, 0.2) is 0 Å². The first-order valence-corrected chi connectivity index (χ1v) is 6.88. The van der Waals surface area contributed by atoms with Gasteiger partial charge in [0, 0.05) is 12.5 Å². The van der Waals surface area contributed by atoms with Gasteiger partial charge in [-0.1, -0.05) is 49.3 Å². The molecule has 0 aliphatic rings. The Hall–Kier alpha value is -1.55. The minimum Gasteiger partial charge on any atom is -0.409 e. The van der Waals surface area contributed by atoms with Gasteiger partial charge in [0.1, 0.15) is 5.84 Å². The third-order valence-electron chi connectivity index (χ3n) is 3.09. The molecule has 106 valence electrons. The van der Waals surface area contributed by atoms with Gasteiger partial charge in [-0.05, 0) is 30.9 Å². The predicted octanol–water partition coefficient (Wildman–Crippen LogP) is 2.89. The Morgan fingerprint density at radius 1 is 1.32 bits per heavy atom. The molecule has 0 saturated carbocycles. The molecular weight excluding hydrogens is 238 g/mol. The number of nitrogens with one attached hydrogen (secondary N) is 1. The Morgan fingerprint density at radius 2 is 2.00 bits per heavy atom. The summed E-state index contributed by atoms with van der Waals surface area (Å²) in [5.74, 6) is 0.978. The summed E-state index contributed by atoms with van der Waals surface area (Å²) >= 11 is 0. The zero-order valence-electron chi connectivity index (χ0n) is 11.8. The smallest absolute Gasteiger partial charge is 0.141 e. The van der Waals surface area contributed by atoms with Crippen molar-refractivity contribution >= 4 is 5.84 Å². The Bertz CT molecular complexity index is 376. The van der Waals surface area contributed by atoms with E-state index in [2.05, 4.69) is 36.5 Å². The van der Waals surface area contributed by atoms with Crippen LogP contribution in [0.4, 0.5) is 0 Å². The lowest BCUT2D eigenvalue weighted by Gasteiger charge is -2.19. The van der Waals surface area contributed by atoms with Crippen molar-refractivity contribution in [2.75, 3.05) is 6.54 Å². The standard InChI is InChI=1S/C15H25N3O/c1-12(2)7-6-10-17-14(11-15(16)18-19)13-8-4-3-5-9-13/h3-5,8-9,12,14,17,19H,6-7,10-11H2,1-2H3,(H2,16,18). The van der Waals surface area contributed by atoms with Crippen LogP contribution in [0.15, 0.2) is 35.5 Å². The molecule has 4 N–H and O–H groups in total. The zero-order valence-corrected chi connectivity index (χ0v) is 11.8. The maximum atomic E-state index is 8.71. The lowest BCUT2D eigenvalue weighted by Crippen LogP contribution is -2.27. The van der Waals surface area contributed by atoms with Gasteiger partial charge in [0.25, 0.3) is 0 Å². The third kappa shape index (κ3) is 6.25. The fraction of sp³-hybridized carbons (Fsp3) is 0.533. The van der Waals surface area contributed by atoms with Crippen LogP contribution in [-0.4, -0.2) is 17.6 Å². The van der Waals surface area contributed by atoms with Crippen LogP contribution >= 0.6 is 0 Å². The average molecular weight is 263 g/mol. The summed E-state index contributed by atoms with van der Waals surface area (Å²) < 4.78 is 0. The highest BCUT2D eigenvalue weighted by atomic mass is 16.4. The summed E-state index contributed by atoms with van der Waals surface area (Å²) in [7, 11) is 0. The second-order valence-electron chi connectivity index (χ2n) is 5.25. The molecule has 0 aliphatic carbocycles. The van der Waals surface area contributed by atoms with Crippen LogP contribution in [0.1, 0.15) is 44.7 Å². The average Bonchev–Trinajstić information content (AvgIpc) is 2.42. The molecule has 0 saturated heterocycles. The molecule has 4 nitrogen and oxygen atoms in total. The highest BCUT2D eigenvalue weighted by Gasteiger charge is 2.12.